The van der Waals surface area contributed by atoms with E-state index in [0.29, 0.717) is 12.5 Å². The van der Waals surface area contributed by atoms with Crippen LogP contribution in [0.5, 0.6) is 0 Å². The summed E-state index contributed by atoms with van der Waals surface area (Å²) in [6.45, 7) is 4.81. The van der Waals surface area contributed by atoms with Gasteiger partial charge in [0.1, 0.15) is 0 Å². The quantitative estimate of drug-likeness (QED) is 0.813. The van der Waals surface area contributed by atoms with Crippen molar-refractivity contribution in [2.75, 3.05) is 19.6 Å². The standard InChI is InChI=1S/C12H22F3N3O/c1-8(2)7-17-11(19)18-5-3-9(12(13,14)15)10(16)4-6-18/h8-10H,3-7,16H2,1-2H3,(H,17,19). The number of urea groups is 1. The average Bonchev–Trinajstić information content (AvgIpc) is 2.47. The van der Waals surface area contributed by atoms with Crippen LogP contribution >= 0.6 is 0 Å². The third kappa shape index (κ3) is 4.89. The second-order valence-corrected chi connectivity index (χ2v) is 5.46. The van der Waals surface area contributed by atoms with Crippen molar-refractivity contribution in [2.45, 2.75) is 38.9 Å². The van der Waals surface area contributed by atoms with Gasteiger partial charge < -0.3 is 16.0 Å². The van der Waals surface area contributed by atoms with E-state index >= 15 is 0 Å². The molecular weight excluding hydrogens is 259 g/mol. The van der Waals surface area contributed by atoms with E-state index in [1.807, 2.05) is 13.8 Å². The molecule has 4 nitrogen and oxygen atoms in total. The number of nitrogens with two attached hydrogens (primary N) is 1. The number of nitrogens with one attached hydrogen (secondary N) is 1. The second-order valence-electron chi connectivity index (χ2n) is 5.46. The van der Waals surface area contributed by atoms with Crippen LogP contribution in [0.25, 0.3) is 0 Å². The van der Waals surface area contributed by atoms with Crippen LogP contribution in [0.2, 0.25) is 0 Å². The van der Waals surface area contributed by atoms with E-state index in [-0.39, 0.29) is 32.0 Å². The van der Waals surface area contributed by atoms with Gasteiger partial charge in [-0.3, -0.25) is 0 Å². The molecule has 2 atom stereocenters. The number of hydrogen-bond donors (Lipinski definition) is 2. The summed E-state index contributed by atoms with van der Waals surface area (Å²) in [5, 5.41) is 2.71. The first-order valence-corrected chi connectivity index (χ1v) is 6.57. The minimum Gasteiger partial charge on any atom is -0.338 e. The molecule has 1 aliphatic heterocycles. The van der Waals surface area contributed by atoms with Gasteiger partial charge in [-0.1, -0.05) is 13.8 Å². The fourth-order valence-electron chi connectivity index (χ4n) is 2.14. The molecule has 0 aliphatic carbocycles. The summed E-state index contributed by atoms with van der Waals surface area (Å²) in [7, 11) is 0. The van der Waals surface area contributed by atoms with E-state index in [0.717, 1.165) is 0 Å². The van der Waals surface area contributed by atoms with Crippen molar-refractivity contribution in [3.05, 3.63) is 0 Å². The zero-order valence-corrected chi connectivity index (χ0v) is 11.3. The number of nitrogens with zero attached hydrogens (tertiary/aromatic N) is 1. The summed E-state index contributed by atoms with van der Waals surface area (Å²) in [4.78, 5) is 13.2. The Morgan fingerprint density at radius 2 is 1.95 bits per heavy atom. The lowest BCUT2D eigenvalue weighted by atomic mass is 9.95. The maximum Gasteiger partial charge on any atom is 0.393 e. The van der Waals surface area contributed by atoms with E-state index < -0.39 is 18.1 Å². The van der Waals surface area contributed by atoms with Gasteiger partial charge >= 0.3 is 12.2 Å². The average molecular weight is 281 g/mol. The minimum atomic E-state index is -4.29. The molecule has 2 unspecified atom stereocenters. The summed E-state index contributed by atoms with van der Waals surface area (Å²) in [6, 6.07) is -1.23. The molecule has 1 aliphatic rings. The monoisotopic (exact) mass is 281 g/mol. The van der Waals surface area contributed by atoms with Gasteiger partial charge in [0.2, 0.25) is 0 Å². The number of carbonyl (C=O) groups is 1. The lowest BCUT2D eigenvalue weighted by Crippen LogP contribution is -2.42. The first-order valence-electron chi connectivity index (χ1n) is 6.57. The molecular formula is C12H22F3N3O. The number of likely N-dealkylation sites (tertiary alicyclic amines) is 1. The van der Waals surface area contributed by atoms with E-state index in [1.54, 1.807) is 0 Å². The van der Waals surface area contributed by atoms with Crippen LogP contribution in [0, 0.1) is 11.8 Å². The Labute approximate surface area is 111 Å². The molecule has 7 heteroatoms. The third-order valence-corrected chi connectivity index (χ3v) is 3.33. The van der Waals surface area contributed by atoms with Gasteiger partial charge in [0, 0.05) is 25.7 Å². The van der Waals surface area contributed by atoms with Crippen molar-refractivity contribution in [2.24, 2.45) is 17.6 Å². The van der Waals surface area contributed by atoms with Crippen molar-refractivity contribution in [3.63, 3.8) is 0 Å². The molecule has 0 aromatic carbocycles. The largest absolute Gasteiger partial charge is 0.393 e. The maximum atomic E-state index is 12.8. The summed E-state index contributed by atoms with van der Waals surface area (Å²) in [5.74, 6) is -1.21. The Morgan fingerprint density at radius 1 is 1.37 bits per heavy atom. The van der Waals surface area contributed by atoms with Crippen LogP contribution < -0.4 is 11.1 Å². The molecule has 0 bridgehead atoms. The van der Waals surface area contributed by atoms with Crippen molar-refractivity contribution < 1.29 is 18.0 Å². The maximum absolute atomic E-state index is 12.8. The highest BCUT2D eigenvalue weighted by Crippen LogP contribution is 2.33. The van der Waals surface area contributed by atoms with Crippen molar-refractivity contribution in [3.8, 4) is 0 Å². The Bertz CT molecular complexity index is 307. The topological polar surface area (TPSA) is 58.4 Å². The number of carbonyl (C=O) groups excluding carboxylic acids is 1. The molecule has 0 radical (unpaired) electrons. The number of hydrogen-bond acceptors (Lipinski definition) is 2. The Morgan fingerprint density at radius 3 is 2.47 bits per heavy atom. The SMILES string of the molecule is CC(C)CNC(=O)N1CCC(N)C(C(F)(F)F)CC1. The van der Waals surface area contributed by atoms with Gasteiger partial charge in [0.25, 0.3) is 0 Å². The molecule has 1 rings (SSSR count). The molecule has 0 aromatic rings. The molecule has 1 fully saturated rings. The van der Waals surface area contributed by atoms with E-state index in [2.05, 4.69) is 5.32 Å². The second kappa shape index (κ2) is 6.45. The molecule has 2 amide bonds. The molecule has 3 N–H and O–H groups in total. The van der Waals surface area contributed by atoms with Crippen molar-refractivity contribution in [1.82, 2.24) is 10.2 Å². The zero-order valence-electron chi connectivity index (χ0n) is 11.3. The third-order valence-electron chi connectivity index (χ3n) is 3.33. The number of alkyl halides is 3. The first-order chi connectivity index (χ1) is 8.71. The fraction of sp³-hybridized carbons (Fsp3) is 0.917. The van der Waals surface area contributed by atoms with Crippen molar-refractivity contribution >= 4 is 6.03 Å². The van der Waals surface area contributed by atoms with Gasteiger partial charge in [-0.05, 0) is 18.8 Å². The van der Waals surface area contributed by atoms with E-state index in [1.165, 1.54) is 4.90 Å². The molecule has 112 valence electrons. The smallest absolute Gasteiger partial charge is 0.338 e. The van der Waals surface area contributed by atoms with Gasteiger partial charge in [-0.15, -0.1) is 0 Å². The van der Waals surface area contributed by atoms with Crippen LogP contribution in [0.3, 0.4) is 0 Å². The molecule has 0 aromatic heterocycles. The zero-order chi connectivity index (χ0) is 14.6. The van der Waals surface area contributed by atoms with Gasteiger partial charge in [-0.2, -0.15) is 13.2 Å². The molecule has 0 saturated carbocycles. The van der Waals surface area contributed by atoms with Crippen LogP contribution in [-0.2, 0) is 0 Å². The van der Waals surface area contributed by atoms with E-state index in [9.17, 15) is 18.0 Å². The summed E-state index contributed by atoms with van der Waals surface area (Å²) in [5.41, 5.74) is 5.57. The Hall–Kier alpha value is -0.980. The predicted molar refractivity (Wildman–Crippen MR) is 66.6 cm³/mol. The van der Waals surface area contributed by atoms with Gasteiger partial charge in [0.05, 0.1) is 5.92 Å². The lowest BCUT2D eigenvalue weighted by molar-refractivity contribution is -0.180. The van der Waals surface area contributed by atoms with E-state index in [4.69, 9.17) is 5.73 Å². The normalized spacial score (nSPS) is 25.3. The van der Waals surface area contributed by atoms with Crippen LogP contribution in [0.4, 0.5) is 18.0 Å². The minimum absolute atomic E-state index is 0.0990. The number of rotatable bonds is 2. The van der Waals surface area contributed by atoms with Crippen LogP contribution in [0.1, 0.15) is 26.7 Å². The number of amides is 2. The molecule has 19 heavy (non-hydrogen) atoms. The Balaban J connectivity index is 2.55. The lowest BCUT2D eigenvalue weighted by Gasteiger charge is -2.23. The Kier molecular flexibility index (Phi) is 5.46. The summed E-state index contributed by atoms with van der Waals surface area (Å²) >= 11 is 0. The highest BCUT2D eigenvalue weighted by atomic mass is 19.4. The molecule has 0 spiro atoms. The molecule has 1 heterocycles. The predicted octanol–water partition coefficient (Wildman–Crippen LogP) is 1.95. The summed E-state index contributed by atoms with van der Waals surface area (Å²) < 4.78 is 38.3. The van der Waals surface area contributed by atoms with Crippen LogP contribution in [0.15, 0.2) is 0 Å². The van der Waals surface area contributed by atoms with Gasteiger partial charge in [-0.25, -0.2) is 4.79 Å². The van der Waals surface area contributed by atoms with Gasteiger partial charge in [0.15, 0.2) is 0 Å². The fourth-order valence-corrected chi connectivity index (χ4v) is 2.14. The highest BCUT2D eigenvalue weighted by Gasteiger charge is 2.44. The highest BCUT2D eigenvalue weighted by molar-refractivity contribution is 5.74. The summed E-state index contributed by atoms with van der Waals surface area (Å²) in [6.07, 6.45) is -4.23. The van der Waals surface area contributed by atoms with Crippen LogP contribution in [-0.4, -0.2) is 42.8 Å². The van der Waals surface area contributed by atoms with Crippen molar-refractivity contribution in [1.29, 1.82) is 0 Å². The number of halogens is 3. The first kappa shape index (κ1) is 16.1. The molecule has 1 saturated heterocycles.